The van der Waals surface area contributed by atoms with E-state index in [1.807, 2.05) is 31.2 Å². The fourth-order valence-corrected chi connectivity index (χ4v) is 3.42. The minimum Gasteiger partial charge on any atom is -0.461 e. The summed E-state index contributed by atoms with van der Waals surface area (Å²) in [5, 5.41) is 3.97. The number of furan rings is 1. The van der Waals surface area contributed by atoms with E-state index in [4.69, 9.17) is 4.42 Å². The van der Waals surface area contributed by atoms with Crippen molar-refractivity contribution in [1.29, 1.82) is 0 Å². The number of nitrogens with one attached hydrogen (secondary N) is 1. The number of piperazine rings is 1. The highest BCUT2D eigenvalue weighted by Gasteiger charge is 2.19. The summed E-state index contributed by atoms with van der Waals surface area (Å²) < 4.78 is 5.68. The molecule has 140 valence electrons. The Labute approximate surface area is 158 Å². The standard InChI is InChI=1S/C20H23N5O2/c1-15-14-16-4-2-5-17(18(16)27-15)19(26)21-8-9-24-10-12-25(13-11-24)20-22-6-3-7-23-20/h2-7,14H,8-13H2,1H3,(H,21,26). The maximum Gasteiger partial charge on any atom is 0.255 e. The van der Waals surface area contributed by atoms with Crippen LogP contribution in [0.3, 0.4) is 0 Å². The summed E-state index contributed by atoms with van der Waals surface area (Å²) in [5.41, 5.74) is 1.25. The number of carbonyl (C=O) groups excluding carboxylic acids is 1. The highest BCUT2D eigenvalue weighted by molar-refractivity contribution is 6.04. The average molecular weight is 365 g/mol. The summed E-state index contributed by atoms with van der Waals surface area (Å²) in [6.45, 7) is 6.97. The predicted molar refractivity (Wildman–Crippen MR) is 104 cm³/mol. The van der Waals surface area contributed by atoms with Crippen LogP contribution in [0.25, 0.3) is 11.0 Å². The number of amides is 1. The number of nitrogens with zero attached hydrogens (tertiary/aromatic N) is 4. The van der Waals surface area contributed by atoms with Crippen LogP contribution in [0, 0.1) is 6.92 Å². The second-order valence-electron chi connectivity index (χ2n) is 6.71. The molecule has 0 aliphatic carbocycles. The number of hydrogen-bond acceptors (Lipinski definition) is 6. The van der Waals surface area contributed by atoms with Gasteiger partial charge in [-0.1, -0.05) is 12.1 Å². The summed E-state index contributed by atoms with van der Waals surface area (Å²) in [5.74, 6) is 1.50. The molecule has 0 saturated carbocycles. The van der Waals surface area contributed by atoms with E-state index in [0.717, 1.165) is 49.8 Å². The summed E-state index contributed by atoms with van der Waals surface area (Å²) in [7, 11) is 0. The van der Waals surface area contributed by atoms with E-state index >= 15 is 0 Å². The van der Waals surface area contributed by atoms with Crippen LogP contribution in [0.4, 0.5) is 5.95 Å². The van der Waals surface area contributed by atoms with Crippen molar-refractivity contribution in [3.63, 3.8) is 0 Å². The molecule has 7 nitrogen and oxygen atoms in total. The fraction of sp³-hybridized carbons (Fsp3) is 0.350. The molecule has 1 aliphatic heterocycles. The van der Waals surface area contributed by atoms with Gasteiger partial charge in [0.1, 0.15) is 11.3 Å². The molecule has 0 atom stereocenters. The first-order valence-corrected chi connectivity index (χ1v) is 9.22. The number of benzene rings is 1. The Morgan fingerprint density at radius 1 is 1.15 bits per heavy atom. The minimum atomic E-state index is -0.0914. The fourth-order valence-electron chi connectivity index (χ4n) is 3.42. The van der Waals surface area contributed by atoms with Gasteiger partial charge in [-0.2, -0.15) is 0 Å². The van der Waals surface area contributed by atoms with E-state index in [0.29, 0.717) is 17.7 Å². The normalized spacial score (nSPS) is 15.2. The van der Waals surface area contributed by atoms with Crippen LogP contribution in [-0.4, -0.2) is 60.0 Å². The maximum absolute atomic E-state index is 12.5. The van der Waals surface area contributed by atoms with Crippen molar-refractivity contribution in [2.24, 2.45) is 0 Å². The molecule has 1 amide bonds. The van der Waals surface area contributed by atoms with E-state index in [1.54, 1.807) is 18.5 Å². The Hall–Kier alpha value is -2.93. The molecular formula is C20H23N5O2. The first-order valence-electron chi connectivity index (χ1n) is 9.22. The molecule has 3 aromatic rings. The Balaban J connectivity index is 1.27. The zero-order valence-electron chi connectivity index (χ0n) is 15.4. The van der Waals surface area contributed by atoms with Crippen molar-refractivity contribution in [1.82, 2.24) is 20.2 Å². The quantitative estimate of drug-likeness (QED) is 0.746. The van der Waals surface area contributed by atoms with Crippen LogP contribution >= 0.6 is 0 Å². The number of aryl methyl sites for hydroxylation is 1. The number of carbonyl (C=O) groups is 1. The van der Waals surface area contributed by atoms with Gasteiger partial charge < -0.3 is 14.6 Å². The maximum atomic E-state index is 12.5. The molecule has 2 aromatic heterocycles. The zero-order valence-corrected chi connectivity index (χ0v) is 15.4. The zero-order chi connectivity index (χ0) is 18.6. The Morgan fingerprint density at radius 2 is 1.93 bits per heavy atom. The van der Waals surface area contributed by atoms with E-state index in [-0.39, 0.29) is 5.91 Å². The third-order valence-electron chi connectivity index (χ3n) is 4.83. The third kappa shape index (κ3) is 3.93. The van der Waals surface area contributed by atoms with Crippen LogP contribution < -0.4 is 10.2 Å². The number of fused-ring (bicyclic) bond motifs is 1. The molecule has 1 aliphatic rings. The molecular weight excluding hydrogens is 342 g/mol. The number of anilines is 1. The van der Waals surface area contributed by atoms with E-state index in [2.05, 4.69) is 25.1 Å². The van der Waals surface area contributed by atoms with Crippen LogP contribution in [0.15, 0.2) is 47.1 Å². The minimum absolute atomic E-state index is 0.0914. The van der Waals surface area contributed by atoms with Crippen molar-refractivity contribution in [2.75, 3.05) is 44.2 Å². The molecule has 1 N–H and O–H groups in total. The smallest absolute Gasteiger partial charge is 0.255 e. The van der Waals surface area contributed by atoms with Gasteiger partial charge in [-0.15, -0.1) is 0 Å². The van der Waals surface area contributed by atoms with Crippen LogP contribution in [0.2, 0.25) is 0 Å². The lowest BCUT2D eigenvalue weighted by atomic mass is 10.1. The van der Waals surface area contributed by atoms with Crippen molar-refractivity contribution < 1.29 is 9.21 Å². The largest absolute Gasteiger partial charge is 0.461 e. The number of aromatic nitrogens is 2. The van der Waals surface area contributed by atoms with Crippen molar-refractivity contribution in [3.8, 4) is 0 Å². The van der Waals surface area contributed by atoms with Crippen LogP contribution in [-0.2, 0) is 0 Å². The van der Waals surface area contributed by atoms with Gasteiger partial charge in [0.15, 0.2) is 0 Å². The highest BCUT2D eigenvalue weighted by Crippen LogP contribution is 2.22. The van der Waals surface area contributed by atoms with E-state index in [1.165, 1.54) is 0 Å². The second-order valence-corrected chi connectivity index (χ2v) is 6.71. The van der Waals surface area contributed by atoms with Crippen LogP contribution in [0.1, 0.15) is 16.1 Å². The topological polar surface area (TPSA) is 74.5 Å². The van der Waals surface area contributed by atoms with Crippen molar-refractivity contribution in [3.05, 3.63) is 54.0 Å². The molecule has 0 spiro atoms. The lowest BCUT2D eigenvalue weighted by molar-refractivity contribution is 0.0948. The second kappa shape index (κ2) is 7.75. The molecule has 0 bridgehead atoms. The predicted octanol–water partition coefficient (Wildman–Crippen LogP) is 2.08. The molecule has 4 rings (SSSR count). The first-order chi connectivity index (χ1) is 13.2. The summed E-state index contributed by atoms with van der Waals surface area (Å²) >= 11 is 0. The van der Waals surface area contributed by atoms with Gasteiger partial charge in [0.05, 0.1) is 5.56 Å². The number of hydrogen-bond donors (Lipinski definition) is 1. The molecule has 0 unspecified atom stereocenters. The molecule has 1 saturated heterocycles. The number of rotatable bonds is 5. The van der Waals surface area contributed by atoms with Gasteiger partial charge in [-0.05, 0) is 25.1 Å². The lowest BCUT2D eigenvalue weighted by Gasteiger charge is -2.34. The van der Waals surface area contributed by atoms with Crippen LogP contribution in [0.5, 0.6) is 0 Å². The van der Waals surface area contributed by atoms with Gasteiger partial charge in [0, 0.05) is 57.0 Å². The average Bonchev–Trinajstić information content (AvgIpc) is 3.09. The first kappa shape index (κ1) is 17.5. The van der Waals surface area contributed by atoms with E-state index in [9.17, 15) is 4.79 Å². The van der Waals surface area contributed by atoms with Gasteiger partial charge in [0.25, 0.3) is 5.91 Å². The Morgan fingerprint density at radius 3 is 2.70 bits per heavy atom. The molecule has 1 fully saturated rings. The van der Waals surface area contributed by atoms with Crippen molar-refractivity contribution >= 4 is 22.8 Å². The summed E-state index contributed by atoms with van der Waals surface area (Å²) in [6.07, 6.45) is 3.54. The Bertz CT molecular complexity index is 917. The molecule has 27 heavy (non-hydrogen) atoms. The lowest BCUT2D eigenvalue weighted by Crippen LogP contribution is -2.49. The molecule has 3 heterocycles. The number of para-hydroxylation sites is 1. The van der Waals surface area contributed by atoms with Crippen molar-refractivity contribution in [2.45, 2.75) is 6.92 Å². The van der Waals surface area contributed by atoms with Gasteiger partial charge >= 0.3 is 0 Å². The van der Waals surface area contributed by atoms with Gasteiger partial charge in [-0.3, -0.25) is 9.69 Å². The highest BCUT2D eigenvalue weighted by atomic mass is 16.3. The molecule has 7 heteroatoms. The summed E-state index contributed by atoms with van der Waals surface area (Å²) in [4.78, 5) is 25.7. The summed E-state index contributed by atoms with van der Waals surface area (Å²) in [6, 6.07) is 9.42. The monoisotopic (exact) mass is 365 g/mol. The van der Waals surface area contributed by atoms with Gasteiger partial charge in [-0.25, -0.2) is 9.97 Å². The van der Waals surface area contributed by atoms with E-state index < -0.39 is 0 Å². The molecule has 0 radical (unpaired) electrons. The third-order valence-corrected chi connectivity index (χ3v) is 4.83. The Kier molecular flexibility index (Phi) is 5.02. The van der Waals surface area contributed by atoms with Gasteiger partial charge in [0.2, 0.25) is 5.95 Å². The molecule has 1 aromatic carbocycles. The SMILES string of the molecule is Cc1cc2cccc(C(=O)NCCN3CCN(c4ncccn4)CC3)c2o1.